The van der Waals surface area contributed by atoms with E-state index in [-0.39, 0.29) is 6.10 Å². The first-order valence-corrected chi connectivity index (χ1v) is 6.14. The lowest BCUT2D eigenvalue weighted by atomic mass is 10.1. The Morgan fingerprint density at radius 3 is 2.73 bits per heavy atom. The summed E-state index contributed by atoms with van der Waals surface area (Å²) in [5.74, 6) is 0. The van der Waals surface area contributed by atoms with Crippen molar-refractivity contribution in [1.29, 1.82) is 0 Å². The van der Waals surface area contributed by atoms with Crippen LogP contribution in [0.15, 0.2) is 0 Å². The lowest BCUT2D eigenvalue weighted by molar-refractivity contribution is -0.00601. The van der Waals surface area contributed by atoms with Crippen LogP contribution in [0.5, 0.6) is 0 Å². The second-order valence-corrected chi connectivity index (χ2v) is 4.78. The van der Waals surface area contributed by atoms with Gasteiger partial charge in [-0.1, -0.05) is 6.92 Å². The molecule has 0 aliphatic carbocycles. The van der Waals surface area contributed by atoms with Crippen LogP contribution >= 0.6 is 0 Å². The number of nitrogens with zero attached hydrogens (tertiary/aromatic N) is 2. The Hall–Kier alpha value is -0.160. The topological polar surface area (TPSA) is 38.7 Å². The van der Waals surface area contributed by atoms with Gasteiger partial charge in [-0.05, 0) is 25.9 Å². The molecule has 0 amide bonds. The van der Waals surface area contributed by atoms with Gasteiger partial charge < -0.3 is 15.3 Å². The summed E-state index contributed by atoms with van der Waals surface area (Å²) >= 11 is 0. The first kappa shape index (κ1) is 11.3. The van der Waals surface area contributed by atoms with E-state index in [1.807, 2.05) is 0 Å². The second-order valence-electron chi connectivity index (χ2n) is 4.78. The third kappa shape index (κ3) is 3.14. The van der Waals surface area contributed by atoms with E-state index in [0.29, 0.717) is 6.04 Å². The highest BCUT2D eigenvalue weighted by Gasteiger charge is 2.25. The number of nitrogens with one attached hydrogen (secondary N) is 1. The average molecular weight is 213 g/mol. The maximum absolute atomic E-state index is 9.16. The third-order valence-electron chi connectivity index (χ3n) is 3.49. The molecule has 1 unspecified atom stereocenters. The first-order chi connectivity index (χ1) is 7.28. The largest absolute Gasteiger partial charge is 0.390 e. The number of aliphatic hydroxyl groups is 1. The summed E-state index contributed by atoms with van der Waals surface area (Å²) in [5, 5.41) is 12.7. The zero-order chi connectivity index (χ0) is 10.7. The Morgan fingerprint density at radius 1 is 1.27 bits per heavy atom. The van der Waals surface area contributed by atoms with E-state index in [1.165, 1.54) is 32.5 Å². The molecular weight excluding hydrogens is 190 g/mol. The second kappa shape index (κ2) is 5.25. The number of likely N-dealkylation sites (N-methyl/N-ethyl adjacent to an activating group) is 1. The number of aliphatic hydroxyl groups excluding tert-OH is 1. The van der Waals surface area contributed by atoms with Gasteiger partial charge in [-0.3, -0.25) is 4.90 Å². The summed E-state index contributed by atoms with van der Waals surface area (Å²) < 4.78 is 0. The summed E-state index contributed by atoms with van der Waals surface area (Å²) in [4.78, 5) is 4.77. The minimum atomic E-state index is -0.0784. The SMILES string of the molecule is CCN1CCCC(NCN2CC(O)C2)C1. The standard InChI is InChI=1S/C11H23N3O/c1-2-13-5-3-4-10(6-13)12-9-14-7-11(15)8-14/h10-12,15H,2-9H2,1H3. The molecule has 2 heterocycles. The molecule has 2 rings (SSSR count). The van der Waals surface area contributed by atoms with Crippen molar-refractivity contribution in [2.24, 2.45) is 0 Å². The van der Waals surface area contributed by atoms with Crippen molar-refractivity contribution in [1.82, 2.24) is 15.1 Å². The number of likely N-dealkylation sites (tertiary alicyclic amines) is 2. The summed E-state index contributed by atoms with van der Waals surface area (Å²) in [7, 11) is 0. The van der Waals surface area contributed by atoms with E-state index in [1.54, 1.807) is 0 Å². The van der Waals surface area contributed by atoms with Crippen LogP contribution in [0.2, 0.25) is 0 Å². The predicted molar refractivity (Wildman–Crippen MR) is 60.7 cm³/mol. The van der Waals surface area contributed by atoms with Crippen molar-refractivity contribution in [2.45, 2.75) is 31.9 Å². The Morgan fingerprint density at radius 2 is 2.07 bits per heavy atom. The van der Waals surface area contributed by atoms with Crippen LogP contribution < -0.4 is 5.32 Å². The molecule has 2 aliphatic rings. The predicted octanol–water partition coefficient (Wildman–Crippen LogP) is -0.306. The fraction of sp³-hybridized carbons (Fsp3) is 1.00. The minimum Gasteiger partial charge on any atom is -0.390 e. The van der Waals surface area contributed by atoms with Crippen LogP contribution in [0, 0.1) is 0 Å². The highest BCUT2D eigenvalue weighted by molar-refractivity contribution is 4.81. The van der Waals surface area contributed by atoms with Gasteiger partial charge in [0.25, 0.3) is 0 Å². The Labute approximate surface area is 92.2 Å². The molecule has 2 fully saturated rings. The van der Waals surface area contributed by atoms with Crippen molar-refractivity contribution in [3.63, 3.8) is 0 Å². The van der Waals surface area contributed by atoms with E-state index in [2.05, 4.69) is 22.0 Å². The van der Waals surface area contributed by atoms with E-state index < -0.39 is 0 Å². The molecule has 1 atom stereocenters. The van der Waals surface area contributed by atoms with Crippen LogP contribution in [0.1, 0.15) is 19.8 Å². The molecule has 4 nitrogen and oxygen atoms in total. The van der Waals surface area contributed by atoms with Crippen molar-refractivity contribution in [3.05, 3.63) is 0 Å². The average Bonchev–Trinajstić information content (AvgIpc) is 2.23. The van der Waals surface area contributed by atoms with Crippen molar-refractivity contribution in [2.75, 3.05) is 39.4 Å². The van der Waals surface area contributed by atoms with E-state index >= 15 is 0 Å². The Balaban J connectivity index is 1.62. The highest BCUT2D eigenvalue weighted by Crippen LogP contribution is 2.10. The molecule has 0 radical (unpaired) electrons. The lowest BCUT2D eigenvalue weighted by Crippen LogP contribution is -2.56. The number of hydrogen-bond acceptors (Lipinski definition) is 4. The zero-order valence-corrected chi connectivity index (χ0v) is 9.65. The molecule has 2 N–H and O–H groups in total. The van der Waals surface area contributed by atoms with Crippen LogP contribution in [0.25, 0.3) is 0 Å². The Bertz CT molecular complexity index is 194. The van der Waals surface area contributed by atoms with Crippen LogP contribution in [0.3, 0.4) is 0 Å². The third-order valence-corrected chi connectivity index (χ3v) is 3.49. The molecule has 88 valence electrons. The molecule has 0 aromatic carbocycles. The smallest absolute Gasteiger partial charge is 0.0794 e. The molecule has 2 saturated heterocycles. The number of rotatable bonds is 4. The van der Waals surface area contributed by atoms with Crippen molar-refractivity contribution in [3.8, 4) is 0 Å². The summed E-state index contributed by atoms with van der Waals surface area (Å²) in [6, 6.07) is 0.649. The molecular formula is C11H23N3O. The van der Waals surface area contributed by atoms with E-state index in [0.717, 1.165) is 19.8 Å². The van der Waals surface area contributed by atoms with Gasteiger partial charge in [0, 0.05) is 32.3 Å². The summed E-state index contributed by atoms with van der Waals surface area (Å²) in [6.45, 7) is 8.48. The molecule has 4 heteroatoms. The lowest BCUT2D eigenvalue weighted by Gasteiger charge is -2.39. The molecule has 15 heavy (non-hydrogen) atoms. The van der Waals surface area contributed by atoms with Gasteiger partial charge in [0.1, 0.15) is 0 Å². The fourth-order valence-electron chi connectivity index (χ4n) is 2.44. The van der Waals surface area contributed by atoms with E-state index in [9.17, 15) is 0 Å². The van der Waals surface area contributed by atoms with Crippen LogP contribution in [-0.4, -0.2) is 66.4 Å². The molecule has 0 saturated carbocycles. The van der Waals surface area contributed by atoms with Crippen molar-refractivity contribution >= 4 is 0 Å². The van der Waals surface area contributed by atoms with Crippen LogP contribution in [-0.2, 0) is 0 Å². The zero-order valence-electron chi connectivity index (χ0n) is 9.65. The maximum Gasteiger partial charge on any atom is 0.0794 e. The van der Waals surface area contributed by atoms with Gasteiger partial charge in [-0.25, -0.2) is 0 Å². The van der Waals surface area contributed by atoms with Gasteiger partial charge >= 0.3 is 0 Å². The number of β-amino-alcohol motifs (C(OH)–C–C–N with tert-alkyl or cyclic N) is 1. The molecule has 2 aliphatic heterocycles. The van der Waals surface area contributed by atoms with Gasteiger partial charge in [0.05, 0.1) is 6.10 Å². The van der Waals surface area contributed by atoms with E-state index in [4.69, 9.17) is 5.11 Å². The summed E-state index contributed by atoms with van der Waals surface area (Å²) in [5.41, 5.74) is 0. The van der Waals surface area contributed by atoms with Gasteiger partial charge in [0.15, 0.2) is 0 Å². The highest BCUT2D eigenvalue weighted by atomic mass is 16.3. The quantitative estimate of drug-likeness (QED) is 0.672. The van der Waals surface area contributed by atoms with Gasteiger partial charge in [0.2, 0.25) is 0 Å². The molecule has 0 aromatic heterocycles. The Kier molecular flexibility index (Phi) is 3.97. The monoisotopic (exact) mass is 213 g/mol. The first-order valence-electron chi connectivity index (χ1n) is 6.14. The maximum atomic E-state index is 9.16. The molecule has 0 aromatic rings. The molecule has 0 spiro atoms. The normalized spacial score (nSPS) is 30.4. The van der Waals surface area contributed by atoms with Gasteiger partial charge in [-0.2, -0.15) is 0 Å². The van der Waals surface area contributed by atoms with Gasteiger partial charge in [-0.15, -0.1) is 0 Å². The number of piperidine rings is 1. The minimum absolute atomic E-state index is 0.0784. The molecule has 0 bridgehead atoms. The summed E-state index contributed by atoms with van der Waals surface area (Å²) in [6.07, 6.45) is 2.53. The fourth-order valence-corrected chi connectivity index (χ4v) is 2.44. The van der Waals surface area contributed by atoms with Crippen molar-refractivity contribution < 1.29 is 5.11 Å². The van der Waals surface area contributed by atoms with Crippen LogP contribution in [0.4, 0.5) is 0 Å². The number of hydrogen-bond donors (Lipinski definition) is 2.